The predicted octanol–water partition coefficient (Wildman–Crippen LogP) is 2.65. The fourth-order valence-electron chi connectivity index (χ4n) is 3.11. The fourth-order valence-corrected chi connectivity index (χ4v) is 3.11. The maximum Gasteiger partial charge on any atom is 0.182 e. The highest BCUT2D eigenvalue weighted by atomic mass is 15.2. The molecular formula is C18H15N9. The number of nitrogens with one attached hydrogen (secondary N) is 2. The van der Waals surface area contributed by atoms with Crippen LogP contribution in [0.25, 0.3) is 28.0 Å². The van der Waals surface area contributed by atoms with Crippen LogP contribution < -0.4 is 5.32 Å². The molecule has 1 atom stereocenters. The Hall–Kier alpha value is -3.88. The maximum absolute atomic E-state index is 4.79. The summed E-state index contributed by atoms with van der Waals surface area (Å²) in [6, 6.07) is 7.55. The first-order valence-corrected chi connectivity index (χ1v) is 8.45. The van der Waals surface area contributed by atoms with Crippen LogP contribution in [0, 0.1) is 0 Å². The predicted molar refractivity (Wildman–Crippen MR) is 100 cm³/mol. The second kappa shape index (κ2) is 6.13. The van der Waals surface area contributed by atoms with Gasteiger partial charge in [-0.05, 0) is 31.2 Å². The van der Waals surface area contributed by atoms with Crippen molar-refractivity contribution in [1.29, 1.82) is 0 Å². The van der Waals surface area contributed by atoms with Gasteiger partial charge in [0.15, 0.2) is 17.1 Å². The van der Waals surface area contributed by atoms with Crippen LogP contribution in [-0.4, -0.2) is 39.5 Å². The summed E-state index contributed by atoms with van der Waals surface area (Å²) in [7, 11) is 0. The molecule has 2 N–H and O–H groups in total. The maximum atomic E-state index is 4.79. The number of fused-ring (bicyclic) bond motifs is 2. The topological polar surface area (TPSA) is 110 Å². The van der Waals surface area contributed by atoms with Crippen molar-refractivity contribution in [3.05, 3.63) is 61.3 Å². The molecule has 5 heterocycles. The zero-order chi connectivity index (χ0) is 18.2. The number of nitrogens with zero attached hydrogens (tertiary/aromatic N) is 7. The quantitative estimate of drug-likeness (QED) is 0.509. The number of aromatic nitrogens is 8. The molecular weight excluding hydrogens is 342 g/mol. The van der Waals surface area contributed by atoms with Crippen LogP contribution in [-0.2, 0) is 0 Å². The molecule has 5 aromatic heterocycles. The van der Waals surface area contributed by atoms with E-state index in [-0.39, 0.29) is 6.04 Å². The first-order chi connectivity index (χ1) is 13.3. The van der Waals surface area contributed by atoms with Crippen LogP contribution in [0.5, 0.6) is 0 Å². The van der Waals surface area contributed by atoms with E-state index in [9.17, 15) is 0 Å². The second-order valence-corrected chi connectivity index (χ2v) is 6.05. The summed E-state index contributed by atoms with van der Waals surface area (Å²) in [5.41, 5.74) is 3.87. The second-order valence-electron chi connectivity index (χ2n) is 6.05. The lowest BCUT2D eigenvalue weighted by Gasteiger charge is -2.16. The molecule has 0 saturated carbocycles. The SMILES string of the molecule is C[C@H](Nc1ncnc2nc[nH]c12)c1nc2cccnc2n1-c1cccnc1. The Morgan fingerprint density at radius 2 is 2.00 bits per heavy atom. The normalized spacial score (nSPS) is 12.5. The highest BCUT2D eigenvalue weighted by Gasteiger charge is 2.20. The van der Waals surface area contributed by atoms with Crippen molar-refractivity contribution in [3.8, 4) is 5.69 Å². The van der Waals surface area contributed by atoms with Crippen molar-refractivity contribution < 1.29 is 0 Å². The van der Waals surface area contributed by atoms with Gasteiger partial charge in [-0.15, -0.1) is 0 Å². The van der Waals surface area contributed by atoms with Crippen LogP contribution in [0.3, 0.4) is 0 Å². The molecule has 0 unspecified atom stereocenters. The number of hydrogen-bond donors (Lipinski definition) is 2. The molecule has 0 fully saturated rings. The van der Waals surface area contributed by atoms with Gasteiger partial charge in [-0.1, -0.05) is 0 Å². The molecule has 5 aromatic rings. The van der Waals surface area contributed by atoms with E-state index in [2.05, 4.69) is 35.2 Å². The average molecular weight is 357 g/mol. The molecule has 132 valence electrons. The molecule has 0 radical (unpaired) electrons. The van der Waals surface area contributed by atoms with Gasteiger partial charge in [-0.2, -0.15) is 0 Å². The first kappa shape index (κ1) is 15.4. The highest BCUT2D eigenvalue weighted by molar-refractivity contribution is 5.82. The van der Waals surface area contributed by atoms with E-state index < -0.39 is 0 Å². The number of rotatable bonds is 4. The number of pyridine rings is 2. The molecule has 0 bridgehead atoms. The van der Waals surface area contributed by atoms with Crippen LogP contribution in [0.15, 0.2) is 55.5 Å². The lowest BCUT2D eigenvalue weighted by molar-refractivity contribution is 0.766. The number of aromatic amines is 1. The summed E-state index contributed by atoms with van der Waals surface area (Å²) in [5.74, 6) is 1.48. The summed E-state index contributed by atoms with van der Waals surface area (Å²) in [6.45, 7) is 2.03. The van der Waals surface area contributed by atoms with Crippen molar-refractivity contribution >= 4 is 28.1 Å². The molecule has 27 heavy (non-hydrogen) atoms. The van der Waals surface area contributed by atoms with E-state index in [0.29, 0.717) is 11.5 Å². The number of imidazole rings is 2. The van der Waals surface area contributed by atoms with Gasteiger partial charge in [-0.3, -0.25) is 9.55 Å². The molecule has 0 saturated heterocycles. The van der Waals surface area contributed by atoms with Gasteiger partial charge in [0.05, 0.1) is 24.3 Å². The fraction of sp³-hybridized carbons (Fsp3) is 0.111. The summed E-state index contributed by atoms with van der Waals surface area (Å²) >= 11 is 0. The summed E-state index contributed by atoms with van der Waals surface area (Å²) in [6.07, 6.45) is 8.39. The Morgan fingerprint density at radius 1 is 1.07 bits per heavy atom. The van der Waals surface area contributed by atoms with Crippen LogP contribution in [0.1, 0.15) is 18.8 Å². The van der Waals surface area contributed by atoms with Gasteiger partial charge in [0.25, 0.3) is 0 Å². The van der Waals surface area contributed by atoms with E-state index in [1.54, 1.807) is 24.9 Å². The van der Waals surface area contributed by atoms with E-state index in [4.69, 9.17) is 4.98 Å². The monoisotopic (exact) mass is 357 g/mol. The van der Waals surface area contributed by atoms with Crippen molar-refractivity contribution in [2.24, 2.45) is 0 Å². The van der Waals surface area contributed by atoms with E-state index in [1.165, 1.54) is 6.33 Å². The van der Waals surface area contributed by atoms with Crippen LogP contribution >= 0.6 is 0 Å². The molecule has 0 aliphatic rings. The van der Waals surface area contributed by atoms with Gasteiger partial charge in [-0.25, -0.2) is 24.9 Å². The molecule has 9 heteroatoms. The Kier molecular flexibility index (Phi) is 3.49. The molecule has 0 aromatic carbocycles. The Morgan fingerprint density at radius 3 is 2.89 bits per heavy atom. The van der Waals surface area contributed by atoms with Gasteiger partial charge in [0, 0.05) is 12.4 Å². The molecule has 0 spiro atoms. The lowest BCUT2D eigenvalue weighted by atomic mass is 10.3. The van der Waals surface area contributed by atoms with Crippen LogP contribution in [0.2, 0.25) is 0 Å². The Bertz CT molecular complexity index is 1230. The lowest BCUT2D eigenvalue weighted by Crippen LogP contribution is -2.14. The van der Waals surface area contributed by atoms with Crippen molar-refractivity contribution in [3.63, 3.8) is 0 Å². The Labute approximate surface area is 153 Å². The molecule has 5 rings (SSSR count). The number of hydrogen-bond acceptors (Lipinski definition) is 7. The first-order valence-electron chi connectivity index (χ1n) is 8.45. The van der Waals surface area contributed by atoms with Gasteiger partial charge >= 0.3 is 0 Å². The molecule has 0 aliphatic heterocycles. The third-order valence-electron chi connectivity index (χ3n) is 4.31. The minimum absolute atomic E-state index is 0.152. The summed E-state index contributed by atoms with van der Waals surface area (Å²) in [5, 5.41) is 3.40. The van der Waals surface area contributed by atoms with Crippen molar-refractivity contribution in [1.82, 2.24) is 39.5 Å². The third kappa shape index (κ3) is 2.56. The van der Waals surface area contributed by atoms with Gasteiger partial charge in [0.1, 0.15) is 23.2 Å². The largest absolute Gasteiger partial charge is 0.358 e. The summed E-state index contributed by atoms with van der Waals surface area (Å²) in [4.78, 5) is 29.3. The molecule has 0 amide bonds. The molecule has 0 aliphatic carbocycles. The smallest absolute Gasteiger partial charge is 0.182 e. The van der Waals surface area contributed by atoms with Gasteiger partial charge < -0.3 is 10.3 Å². The number of anilines is 1. The van der Waals surface area contributed by atoms with Crippen LogP contribution in [0.4, 0.5) is 5.82 Å². The summed E-state index contributed by atoms with van der Waals surface area (Å²) < 4.78 is 2.01. The van der Waals surface area contributed by atoms with Gasteiger partial charge in [0.2, 0.25) is 0 Å². The van der Waals surface area contributed by atoms with E-state index in [0.717, 1.165) is 28.2 Å². The Balaban J connectivity index is 1.63. The van der Waals surface area contributed by atoms with Crippen molar-refractivity contribution in [2.45, 2.75) is 13.0 Å². The average Bonchev–Trinajstić information content (AvgIpc) is 3.34. The molecule has 9 nitrogen and oxygen atoms in total. The zero-order valence-electron chi connectivity index (χ0n) is 14.4. The third-order valence-corrected chi connectivity index (χ3v) is 4.31. The van der Waals surface area contributed by atoms with Crippen molar-refractivity contribution in [2.75, 3.05) is 5.32 Å². The standard InChI is InChI=1S/C18H15N9/c1-11(25-16-14-15(22-9-21-14)23-10-24-16)17-26-13-5-3-7-20-18(13)27(17)12-4-2-6-19-8-12/h2-11H,1H3,(H2,21,22,23,24,25)/t11-/m0/s1. The highest BCUT2D eigenvalue weighted by Crippen LogP contribution is 2.26. The van der Waals surface area contributed by atoms with E-state index in [1.807, 2.05) is 35.8 Å². The minimum Gasteiger partial charge on any atom is -0.358 e. The zero-order valence-corrected chi connectivity index (χ0v) is 14.4. The minimum atomic E-state index is -0.152. The number of H-pyrrole nitrogens is 1. The van der Waals surface area contributed by atoms with E-state index >= 15 is 0 Å².